The van der Waals surface area contributed by atoms with E-state index in [0.29, 0.717) is 21.1 Å². The number of anilines is 1. The van der Waals surface area contributed by atoms with Gasteiger partial charge in [0, 0.05) is 32.3 Å². The molecule has 0 aliphatic carbocycles. The fourth-order valence-corrected chi connectivity index (χ4v) is 2.54. The first-order chi connectivity index (χ1) is 8.58. The third kappa shape index (κ3) is 3.16. The van der Waals surface area contributed by atoms with E-state index in [0.717, 1.165) is 11.3 Å². The monoisotopic (exact) mass is 347 g/mol. The maximum absolute atomic E-state index is 12.9. The van der Waals surface area contributed by atoms with Crippen molar-refractivity contribution in [2.45, 2.75) is 6.54 Å². The van der Waals surface area contributed by atoms with Gasteiger partial charge in [0.1, 0.15) is 5.82 Å². The summed E-state index contributed by atoms with van der Waals surface area (Å²) in [5.41, 5.74) is 1.60. The van der Waals surface area contributed by atoms with Gasteiger partial charge in [-0.25, -0.2) is 4.39 Å². The average Bonchev–Trinajstić information content (AvgIpc) is 2.31. The number of hydrogen-bond acceptors (Lipinski definition) is 1. The molecule has 2 rings (SSSR count). The van der Waals surface area contributed by atoms with Crippen molar-refractivity contribution in [2.24, 2.45) is 0 Å². The quantitative estimate of drug-likeness (QED) is 0.771. The van der Waals surface area contributed by atoms with Gasteiger partial charge in [0.05, 0.1) is 0 Å². The van der Waals surface area contributed by atoms with E-state index in [1.54, 1.807) is 24.3 Å². The molecule has 0 unspecified atom stereocenters. The van der Waals surface area contributed by atoms with E-state index < -0.39 is 0 Å². The van der Waals surface area contributed by atoms with Gasteiger partial charge in [0.2, 0.25) is 0 Å². The fourth-order valence-electron chi connectivity index (χ4n) is 1.52. The maximum atomic E-state index is 12.9. The predicted molar refractivity (Wildman–Crippen MR) is 77.9 cm³/mol. The summed E-state index contributed by atoms with van der Waals surface area (Å²) in [5.74, 6) is -0.289. The molecule has 0 radical (unpaired) electrons. The molecule has 0 saturated carbocycles. The van der Waals surface area contributed by atoms with Crippen LogP contribution in [0.2, 0.25) is 10.0 Å². The molecule has 0 atom stereocenters. The van der Waals surface area contributed by atoms with Crippen LogP contribution in [0.5, 0.6) is 0 Å². The standard InChI is InChI=1S/C13H9BrCl2FN/c14-10-6-8(17)4-5-13(10)18-7-9-11(15)2-1-3-12(9)16/h1-6,18H,7H2. The van der Waals surface area contributed by atoms with Crippen molar-refractivity contribution in [3.8, 4) is 0 Å². The smallest absolute Gasteiger partial charge is 0.124 e. The minimum atomic E-state index is -0.289. The first-order valence-electron chi connectivity index (χ1n) is 5.20. The third-order valence-electron chi connectivity index (χ3n) is 2.45. The number of halogens is 4. The number of rotatable bonds is 3. The Hall–Kier alpha value is -0.770. The molecule has 0 spiro atoms. The zero-order valence-electron chi connectivity index (χ0n) is 9.18. The van der Waals surface area contributed by atoms with E-state index in [1.807, 2.05) is 0 Å². The Labute approximate surface area is 123 Å². The predicted octanol–water partition coefficient (Wildman–Crippen LogP) is 5.51. The second-order valence-electron chi connectivity index (χ2n) is 3.68. The third-order valence-corrected chi connectivity index (χ3v) is 3.81. The van der Waals surface area contributed by atoms with Crippen molar-refractivity contribution < 1.29 is 4.39 Å². The molecule has 0 aromatic heterocycles. The van der Waals surface area contributed by atoms with Gasteiger partial charge in [-0.2, -0.15) is 0 Å². The minimum absolute atomic E-state index is 0.289. The molecule has 2 aromatic rings. The largest absolute Gasteiger partial charge is 0.380 e. The zero-order chi connectivity index (χ0) is 13.1. The normalized spacial score (nSPS) is 10.4. The highest BCUT2D eigenvalue weighted by Crippen LogP contribution is 2.27. The number of benzene rings is 2. The summed E-state index contributed by atoms with van der Waals surface area (Å²) in [6, 6.07) is 9.80. The topological polar surface area (TPSA) is 12.0 Å². The molecule has 1 N–H and O–H groups in total. The maximum Gasteiger partial charge on any atom is 0.124 e. The summed E-state index contributed by atoms with van der Waals surface area (Å²) < 4.78 is 13.6. The Morgan fingerprint density at radius 3 is 2.39 bits per heavy atom. The van der Waals surface area contributed by atoms with Crippen molar-refractivity contribution in [1.82, 2.24) is 0 Å². The van der Waals surface area contributed by atoms with Crippen LogP contribution in [0.3, 0.4) is 0 Å². The Morgan fingerprint density at radius 2 is 1.78 bits per heavy atom. The molecule has 0 saturated heterocycles. The SMILES string of the molecule is Fc1ccc(NCc2c(Cl)cccc2Cl)c(Br)c1. The Kier molecular flexibility index (Phi) is 4.49. The van der Waals surface area contributed by atoms with Gasteiger partial charge in [-0.1, -0.05) is 29.3 Å². The fraction of sp³-hybridized carbons (Fsp3) is 0.0769. The van der Waals surface area contributed by atoms with Gasteiger partial charge in [-0.3, -0.25) is 0 Å². The van der Waals surface area contributed by atoms with Gasteiger partial charge in [-0.15, -0.1) is 0 Å². The summed E-state index contributed by atoms with van der Waals surface area (Å²) >= 11 is 15.4. The summed E-state index contributed by atoms with van der Waals surface area (Å²) in [7, 11) is 0. The summed E-state index contributed by atoms with van der Waals surface area (Å²) in [6.07, 6.45) is 0. The Bertz CT molecular complexity index is 555. The van der Waals surface area contributed by atoms with E-state index in [1.165, 1.54) is 12.1 Å². The summed E-state index contributed by atoms with van der Waals surface area (Å²) in [5, 5.41) is 4.37. The van der Waals surface area contributed by atoms with Crippen molar-refractivity contribution in [3.63, 3.8) is 0 Å². The van der Waals surface area contributed by atoms with Gasteiger partial charge in [-0.05, 0) is 46.3 Å². The van der Waals surface area contributed by atoms with Crippen LogP contribution in [0.15, 0.2) is 40.9 Å². The lowest BCUT2D eigenvalue weighted by Gasteiger charge is -2.11. The Morgan fingerprint density at radius 1 is 1.11 bits per heavy atom. The first-order valence-corrected chi connectivity index (χ1v) is 6.74. The molecular weight excluding hydrogens is 340 g/mol. The van der Waals surface area contributed by atoms with Crippen LogP contribution in [0, 0.1) is 5.82 Å². The molecule has 0 fully saturated rings. The molecular formula is C13H9BrCl2FN. The van der Waals surface area contributed by atoms with Gasteiger partial charge >= 0.3 is 0 Å². The molecule has 94 valence electrons. The molecule has 2 aromatic carbocycles. The molecule has 1 nitrogen and oxygen atoms in total. The molecule has 0 aliphatic heterocycles. The van der Waals surface area contributed by atoms with Crippen molar-refractivity contribution in [1.29, 1.82) is 0 Å². The van der Waals surface area contributed by atoms with Crippen molar-refractivity contribution >= 4 is 44.8 Å². The number of hydrogen-bond donors (Lipinski definition) is 1. The van der Waals surface area contributed by atoms with Crippen LogP contribution in [0.4, 0.5) is 10.1 Å². The lowest BCUT2D eigenvalue weighted by atomic mass is 10.2. The van der Waals surface area contributed by atoms with Gasteiger partial charge in [0.25, 0.3) is 0 Å². The van der Waals surface area contributed by atoms with Crippen LogP contribution in [0.1, 0.15) is 5.56 Å². The lowest BCUT2D eigenvalue weighted by molar-refractivity contribution is 0.627. The molecule has 0 bridgehead atoms. The van der Waals surface area contributed by atoms with Gasteiger partial charge in [0.15, 0.2) is 0 Å². The second kappa shape index (κ2) is 5.91. The Balaban J connectivity index is 2.16. The van der Waals surface area contributed by atoms with Crippen LogP contribution < -0.4 is 5.32 Å². The first kappa shape index (κ1) is 13.7. The minimum Gasteiger partial charge on any atom is -0.380 e. The molecule has 0 aliphatic rings. The van der Waals surface area contributed by atoms with Crippen LogP contribution in [-0.2, 0) is 6.54 Å². The van der Waals surface area contributed by atoms with Crippen LogP contribution >= 0.6 is 39.1 Å². The zero-order valence-corrected chi connectivity index (χ0v) is 12.3. The molecule has 0 heterocycles. The van der Waals surface area contributed by atoms with E-state index in [2.05, 4.69) is 21.2 Å². The van der Waals surface area contributed by atoms with E-state index in [9.17, 15) is 4.39 Å². The molecule has 5 heteroatoms. The highest BCUT2D eigenvalue weighted by atomic mass is 79.9. The highest BCUT2D eigenvalue weighted by molar-refractivity contribution is 9.10. The van der Waals surface area contributed by atoms with Crippen molar-refractivity contribution in [3.05, 3.63) is 62.3 Å². The lowest BCUT2D eigenvalue weighted by Crippen LogP contribution is -2.01. The second-order valence-corrected chi connectivity index (χ2v) is 5.35. The molecule has 0 amide bonds. The van der Waals surface area contributed by atoms with Crippen LogP contribution in [-0.4, -0.2) is 0 Å². The molecule has 18 heavy (non-hydrogen) atoms. The highest BCUT2D eigenvalue weighted by Gasteiger charge is 2.06. The van der Waals surface area contributed by atoms with E-state index in [4.69, 9.17) is 23.2 Å². The van der Waals surface area contributed by atoms with Crippen LogP contribution in [0.25, 0.3) is 0 Å². The number of nitrogens with one attached hydrogen (secondary N) is 1. The summed E-state index contributed by atoms with van der Waals surface area (Å²) in [4.78, 5) is 0. The summed E-state index contributed by atoms with van der Waals surface area (Å²) in [6.45, 7) is 0.475. The van der Waals surface area contributed by atoms with Crippen molar-refractivity contribution in [2.75, 3.05) is 5.32 Å². The van der Waals surface area contributed by atoms with E-state index >= 15 is 0 Å². The van der Waals surface area contributed by atoms with E-state index in [-0.39, 0.29) is 5.82 Å². The van der Waals surface area contributed by atoms with Gasteiger partial charge < -0.3 is 5.32 Å². The average molecular weight is 349 g/mol.